The first-order valence-corrected chi connectivity index (χ1v) is 9.35. The van der Waals surface area contributed by atoms with Crippen molar-refractivity contribution in [3.8, 4) is 0 Å². The molecule has 1 aliphatic heterocycles. The van der Waals surface area contributed by atoms with Crippen LogP contribution in [0.1, 0.15) is 28.4 Å². The number of morpholine rings is 1. The second kappa shape index (κ2) is 10.5. The summed E-state index contributed by atoms with van der Waals surface area (Å²) in [5.41, 5.74) is 4.75. The summed E-state index contributed by atoms with van der Waals surface area (Å²) >= 11 is 0. The van der Waals surface area contributed by atoms with Crippen molar-refractivity contribution >= 4 is 35.6 Å². The molecule has 3 rings (SSSR count). The lowest BCUT2D eigenvalue weighted by Gasteiger charge is -2.35. The molecule has 0 spiro atoms. The molecule has 1 fully saturated rings. The number of nitrogens with one attached hydrogen (secondary N) is 1. The van der Waals surface area contributed by atoms with Gasteiger partial charge in [-0.2, -0.15) is 0 Å². The highest BCUT2D eigenvalue weighted by Crippen LogP contribution is 2.26. The molecule has 156 valence electrons. The van der Waals surface area contributed by atoms with E-state index in [0.29, 0.717) is 13.2 Å². The van der Waals surface area contributed by atoms with Gasteiger partial charge in [0.05, 0.1) is 18.1 Å². The molecule has 1 saturated heterocycles. The van der Waals surface area contributed by atoms with Crippen molar-refractivity contribution in [2.45, 2.75) is 26.5 Å². The lowest BCUT2D eigenvalue weighted by atomic mass is 10.00. The number of nitrogens with zero attached hydrogens (tertiary/aromatic N) is 3. The number of halogens is 1. The number of rotatable bonds is 4. The van der Waals surface area contributed by atoms with Crippen LogP contribution < -0.4 is 5.32 Å². The standard InChI is InChI=1S/C21H26N4O3.HI/c1-15-4-9-19(16(2)12-15)20-14-24(10-11-28-20)21(22-3)23-13-17-5-7-18(8-6-17)25(26)27;/h4-9,12,20H,10-11,13-14H2,1-3H3,(H,22,23);1H. The summed E-state index contributed by atoms with van der Waals surface area (Å²) in [6.45, 7) is 6.89. The molecule has 1 atom stereocenters. The number of hydrogen-bond acceptors (Lipinski definition) is 4. The SMILES string of the molecule is CN=C(NCc1ccc([N+](=O)[O-])cc1)N1CCOC(c2ccc(C)cc2C)C1.I. The topological polar surface area (TPSA) is 80.0 Å². The summed E-state index contributed by atoms with van der Waals surface area (Å²) in [5.74, 6) is 0.802. The molecule has 0 bridgehead atoms. The van der Waals surface area contributed by atoms with Gasteiger partial charge >= 0.3 is 0 Å². The second-order valence-corrected chi connectivity index (χ2v) is 6.99. The van der Waals surface area contributed by atoms with Crippen LogP contribution in [0, 0.1) is 24.0 Å². The van der Waals surface area contributed by atoms with E-state index in [2.05, 4.69) is 47.3 Å². The van der Waals surface area contributed by atoms with E-state index in [4.69, 9.17) is 4.74 Å². The first-order chi connectivity index (χ1) is 13.5. The van der Waals surface area contributed by atoms with Crippen molar-refractivity contribution in [1.29, 1.82) is 0 Å². The highest BCUT2D eigenvalue weighted by molar-refractivity contribution is 14.0. The number of hydrogen-bond donors (Lipinski definition) is 1. The zero-order chi connectivity index (χ0) is 20.1. The molecular formula is C21H27IN4O3. The zero-order valence-corrected chi connectivity index (χ0v) is 19.3. The maximum absolute atomic E-state index is 10.8. The van der Waals surface area contributed by atoms with E-state index in [1.165, 1.54) is 28.8 Å². The maximum Gasteiger partial charge on any atom is 0.269 e. The van der Waals surface area contributed by atoms with E-state index in [1.807, 2.05) is 0 Å². The number of ether oxygens (including phenoxy) is 1. The largest absolute Gasteiger partial charge is 0.370 e. The Morgan fingerprint density at radius 1 is 1.28 bits per heavy atom. The third kappa shape index (κ3) is 5.89. The number of benzene rings is 2. The molecule has 1 unspecified atom stereocenters. The van der Waals surface area contributed by atoms with E-state index >= 15 is 0 Å². The molecule has 0 amide bonds. The lowest BCUT2D eigenvalue weighted by molar-refractivity contribution is -0.384. The van der Waals surface area contributed by atoms with E-state index in [-0.39, 0.29) is 35.8 Å². The van der Waals surface area contributed by atoms with Crippen molar-refractivity contribution in [3.63, 3.8) is 0 Å². The molecule has 0 aliphatic carbocycles. The molecule has 29 heavy (non-hydrogen) atoms. The summed E-state index contributed by atoms with van der Waals surface area (Å²) in [6.07, 6.45) is 0.00674. The molecule has 7 nitrogen and oxygen atoms in total. The van der Waals surface area contributed by atoms with Gasteiger partial charge in [-0.15, -0.1) is 24.0 Å². The van der Waals surface area contributed by atoms with Crippen molar-refractivity contribution in [3.05, 3.63) is 74.8 Å². The van der Waals surface area contributed by atoms with Gasteiger partial charge in [-0.05, 0) is 30.5 Å². The Morgan fingerprint density at radius 2 is 2.00 bits per heavy atom. The zero-order valence-electron chi connectivity index (χ0n) is 16.9. The predicted molar refractivity (Wildman–Crippen MR) is 125 cm³/mol. The van der Waals surface area contributed by atoms with Crippen LogP contribution in [0.2, 0.25) is 0 Å². The van der Waals surface area contributed by atoms with Crippen LogP contribution in [0.15, 0.2) is 47.5 Å². The fourth-order valence-corrected chi connectivity index (χ4v) is 3.47. The smallest absolute Gasteiger partial charge is 0.269 e. The van der Waals surface area contributed by atoms with E-state index in [9.17, 15) is 10.1 Å². The average molecular weight is 510 g/mol. The van der Waals surface area contributed by atoms with Crippen molar-refractivity contribution < 1.29 is 9.66 Å². The van der Waals surface area contributed by atoms with E-state index in [0.717, 1.165) is 24.6 Å². The van der Waals surface area contributed by atoms with Gasteiger partial charge < -0.3 is 15.0 Å². The minimum Gasteiger partial charge on any atom is -0.370 e. The summed E-state index contributed by atoms with van der Waals surface area (Å²) in [7, 11) is 1.76. The third-order valence-electron chi connectivity index (χ3n) is 4.95. The van der Waals surface area contributed by atoms with Gasteiger partial charge in [0.25, 0.3) is 5.69 Å². The van der Waals surface area contributed by atoms with Crippen molar-refractivity contribution in [2.75, 3.05) is 26.7 Å². The molecule has 0 saturated carbocycles. The van der Waals surface area contributed by atoms with E-state index < -0.39 is 4.92 Å². The van der Waals surface area contributed by atoms with Gasteiger partial charge in [0.15, 0.2) is 5.96 Å². The van der Waals surface area contributed by atoms with Gasteiger partial charge in [-0.3, -0.25) is 15.1 Å². The van der Waals surface area contributed by atoms with Gasteiger partial charge in [-0.1, -0.05) is 35.9 Å². The quantitative estimate of drug-likeness (QED) is 0.221. The monoisotopic (exact) mass is 510 g/mol. The predicted octanol–water partition coefficient (Wildman–Crippen LogP) is 3.98. The van der Waals surface area contributed by atoms with Gasteiger partial charge in [0, 0.05) is 32.3 Å². The molecule has 2 aromatic rings. The van der Waals surface area contributed by atoms with Crippen LogP contribution >= 0.6 is 24.0 Å². The van der Waals surface area contributed by atoms with Gasteiger partial charge in [-0.25, -0.2) is 0 Å². The average Bonchev–Trinajstić information content (AvgIpc) is 2.69. The van der Waals surface area contributed by atoms with Crippen LogP contribution in [0.3, 0.4) is 0 Å². The Morgan fingerprint density at radius 3 is 2.62 bits per heavy atom. The highest BCUT2D eigenvalue weighted by Gasteiger charge is 2.25. The summed E-state index contributed by atoms with van der Waals surface area (Å²) in [6, 6.07) is 13.0. The van der Waals surface area contributed by atoms with Gasteiger partial charge in [0.2, 0.25) is 0 Å². The molecule has 0 radical (unpaired) electrons. The third-order valence-corrected chi connectivity index (χ3v) is 4.95. The minimum absolute atomic E-state index is 0. The minimum atomic E-state index is -0.392. The Balaban J connectivity index is 0.00000300. The van der Waals surface area contributed by atoms with Crippen LogP contribution in [-0.2, 0) is 11.3 Å². The van der Waals surface area contributed by atoms with Gasteiger partial charge in [0.1, 0.15) is 6.10 Å². The van der Waals surface area contributed by atoms with Crippen LogP contribution in [0.5, 0.6) is 0 Å². The fourth-order valence-electron chi connectivity index (χ4n) is 3.47. The summed E-state index contributed by atoms with van der Waals surface area (Å²) in [5, 5.41) is 14.1. The normalized spacial score (nSPS) is 16.9. The first-order valence-electron chi connectivity index (χ1n) is 9.35. The Labute approximate surface area is 188 Å². The molecular weight excluding hydrogens is 483 g/mol. The first kappa shape index (κ1) is 23.1. The fraction of sp³-hybridized carbons (Fsp3) is 0.381. The molecule has 1 heterocycles. The number of aliphatic imine (C=N–C) groups is 1. The van der Waals surface area contributed by atoms with E-state index in [1.54, 1.807) is 19.2 Å². The van der Waals surface area contributed by atoms with Crippen LogP contribution in [0.4, 0.5) is 5.69 Å². The second-order valence-electron chi connectivity index (χ2n) is 6.99. The number of guanidine groups is 1. The highest BCUT2D eigenvalue weighted by atomic mass is 127. The molecule has 1 aliphatic rings. The van der Waals surface area contributed by atoms with Crippen LogP contribution in [-0.4, -0.2) is 42.5 Å². The number of nitro groups is 1. The number of non-ortho nitro benzene ring substituents is 1. The molecule has 0 aromatic heterocycles. The van der Waals surface area contributed by atoms with Crippen LogP contribution in [0.25, 0.3) is 0 Å². The Hall–Kier alpha value is -2.20. The lowest BCUT2D eigenvalue weighted by Crippen LogP contribution is -2.48. The summed E-state index contributed by atoms with van der Waals surface area (Å²) in [4.78, 5) is 17.0. The molecule has 8 heteroatoms. The molecule has 1 N–H and O–H groups in total. The van der Waals surface area contributed by atoms with Crippen molar-refractivity contribution in [1.82, 2.24) is 10.2 Å². The van der Waals surface area contributed by atoms with Crippen molar-refractivity contribution in [2.24, 2.45) is 4.99 Å². The molecule has 2 aromatic carbocycles. The summed E-state index contributed by atoms with van der Waals surface area (Å²) < 4.78 is 6.02. The number of nitro benzene ring substituents is 1. The maximum atomic E-state index is 10.8. The number of aryl methyl sites for hydroxylation is 2. The Bertz CT molecular complexity index is 871. The Kier molecular flexibility index (Phi) is 8.39.